The molecule has 0 bridgehead atoms. The summed E-state index contributed by atoms with van der Waals surface area (Å²) in [5, 5.41) is 6.24. The fraction of sp³-hybridized carbons (Fsp3) is 0.125. The Balaban J connectivity index is 2.01. The Kier molecular flexibility index (Phi) is 3.79. The molecule has 0 spiro atoms. The van der Waals surface area contributed by atoms with Crippen molar-refractivity contribution in [3.8, 4) is 12.3 Å². The molecular weight excluding hydrogens is 276 g/mol. The molecular formula is C16H14N6. The Bertz CT molecular complexity index is 853. The van der Waals surface area contributed by atoms with Crippen LogP contribution in [-0.4, -0.2) is 26.5 Å². The molecule has 0 saturated heterocycles. The van der Waals surface area contributed by atoms with Crippen LogP contribution in [0.15, 0.2) is 36.8 Å². The van der Waals surface area contributed by atoms with Gasteiger partial charge in [0.1, 0.15) is 17.4 Å². The molecule has 6 nitrogen and oxygen atoms in total. The minimum Gasteiger partial charge on any atom is -0.343 e. The molecule has 22 heavy (non-hydrogen) atoms. The lowest BCUT2D eigenvalue weighted by Crippen LogP contribution is -2.05. The molecule has 2 aromatic heterocycles. The first-order chi connectivity index (χ1) is 10.8. The van der Waals surface area contributed by atoms with Gasteiger partial charge in [-0.2, -0.15) is 0 Å². The number of fused-ring (bicyclic) bond motifs is 1. The van der Waals surface area contributed by atoms with Crippen molar-refractivity contribution in [3.05, 3.63) is 42.4 Å². The van der Waals surface area contributed by atoms with Gasteiger partial charge in [0.25, 0.3) is 0 Å². The van der Waals surface area contributed by atoms with Gasteiger partial charge in [-0.05, 0) is 18.6 Å². The molecule has 0 unspecified atom stereocenters. The zero-order chi connectivity index (χ0) is 15.4. The molecule has 0 aliphatic heterocycles. The third-order valence-electron chi connectivity index (χ3n) is 3.12. The summed E-state index contributed by atoms with van der Waals surface area (Å²) in [5.41, 5.74) is 3.39. The normalized spacial score (nSPS) is 10.2. The van der Waals surface area contributed by atoms with E-state index < -0.39 is 0 Å². The quantitative estimate of drug-likeness (QED) is 0.719. The lowest BCUT2D eigenvalue weighted by molar-refractivity contribution is 1.12. The number of terminal acetylenes is 1. The van der Waals surface area contributed by atoms with Crippen molar-refractivity contribution in [3.63, 3.8) is 0 Å². The largest absolute Gasteiger partial charge is 0.343 e. The molecule has 3 rings (SSSR count). The summed E-state index contributed by atoms with van der Waals surface area (Å²) >= 11 is 0. The van der Waals surface area contributed by atoms with Gasteiger partial charge in [-0.25, -0.2) is 19.9 Å². The number of rotatable bonds is 4. The molecule has 0 radical (unpaired) electrons. The summed E-state index contributed by atoms with van der Waals surface area (Å²) < 4.78 is 0. The average Bonchev–Trinajstić information content (AvgIpc) is 2.55. The van der Waals surface area contributed by atoms with Crippen molar-refractivity contribution >= 4 is 28.5 Å². The van der Waals surface area contributed by atoms with Crippen LogP contribution in [-0.2, 0) is 0 Å². The van der Waals surface area contributed by atoms with E-state index in [0.717, 1.165) is 11.3 Å². The Labute approximate surface area is 128 Å². The van der Waals surface area contributed by atoms with E-state index in [9.17, 15) is 0 Å². The maximum absolute atomic E-state index is 5.23. The summed E-state index contributed by atoms with van der Waals surface area (Å²) in [7, 11) is 0. The lowest BCUT2D eigenvalue weighted by Gasteiger charge is -2.10. The molecule has 0 fully saturated rings. The van der Waals surface area contributed by atoms with E-state index >= 15 is 0 Å². The van der Waals surface area contributed by atoms with Crippen LogP contribution in [0.4, 0.5) is 17.5 Å². The zero-order valence-electron chi connectivity index (χ0n) is 12.0. The minimum atomic E-state index is 0.361. The molecule has 2 N–H and O–H groups in total. The van der Waals surface area contributed by atoms with E-state index in [1.807, 2.05) is 31.2 Å². The molecule has 0 atom stereocenters. The van der Waals surface area contributed by atoms with Crippen LogP contribution in [0.1, 0.15) is 5.56 Å². The predicted molar refractivity (Wildman–Crippen MR) is 86.9 cm³/mol. The number of hydrogen-bond donors (Lipinski definition) is 2. The van der Waals surface area contributed by atoms with E-state index in [2.05, 4.69) is 36.5 Å². The van der Waals surface area contributed by atoms with Crippen molar-refractivity contribution in [2.24, 2.45) is 0 Å². The van der Waals surface area contributed by atoms with Gasteiger partial charge >= 0.3 is 0 Å². The molecule has 1 aromatic carbocycles. The summed E-state index contributed by atoms with van der Waals surface area (Å²) in [4.78, 5) is 17.1. The second-order valence-electron chi connectivity index (χ2n) is 4.65. The number of anilines is 3. The van der Waals surface area contributed by atoms with Gasteiger partial charge < -0.3 is 10.6 Å². The summed E-state index contributed by atoms with van der Waals surface area (Å²) in [6.07, 6.45) is 8.36. The van der Waals surface area contributed by atoms with E-state index in [4.69, 9.17) is 6.42 Å². The Morgan fingerprint density at radius 2 is 2.05 bits per heavy atom. The number of aryl methyl sites for hydroxylation is 1. The highest BCUT2D eigenvalue weighted by Gasteiger charge is 2.08. The van der Waals surface area contributed by atoms with Crippen LogP contribution in [0.25, 0.3) is 11.0 Å². The fourth-order valence-corrected chi connectivity index (χ4v) is 2.00. The topological polar surface area (TPSA) is 75.6 Å². The maximum Gasteiger partial charge on any atom is 0.224 e. The van der Waals surface area contributed by atoms with Gasteiger partial charge in [-0.3, -0.25) is 0 Å². The summed E-state index contributed by atoms with van der Waals surface area (Å²) in [6.45, 7) is 2.39. The van der Waals surface area contributed by atoms with Gasteiger partial charge in [0.15, 0.2) is 5.82 Å². The maximum atomic E-state index is 5.23. The second-order valence-corrected chi connectivity index (χ2v) is 4.65. The number of aromatic nitrogens is 4. The average molecular weight is 290 g/mol. The Morgan fingerprint density at radius 1 is 1.18 bits per heavy atom. The van der Waals surface area contributed by atoms with Gasteiger partial charge in [-0.1, -0.05) is 24.1 Å². The number of nitrogens with zero attached hydrogens (tertiary/aromatic N) is 4. The third kappa shape index (κ3) is 2.79. The predicted octanol–water partition coefficient (Wildman–Crippen LogP) is 2.52. The molecule has 0 amide bonds. The fourth-order valence-electron chi connectivity index (χ4n) is 2.00. The van der Waals surface area contributed by atoms with E-state index in [-0.39, 0.29) is 0 Å². The Hall–Kier alpha value is -3.20. The highest BCUT2D eigenvalue weighted by atomic mass is 15.1. The first-order valence-corrected chi connectivity index (χ1v) is 6.75. The van der Waals surface area contributed by atoms with Crippen molar-refractivity contribution in [2.45, 2.75) is 6.92 Å². The monoisotopic (exact) mass is 290 g/mol. The molecule has 0 saturated carbocycles. The summed E-state index contributed by atoms with van der Waals surface area (Å²) in [6, 6.07) is 7.97. The van der Waals surface area contributed by atoms with Crippen LogP contribution in [0.3, 0.4) is 0 Å². The van der Waals surface area contributed by atoms with Crippen molar-refractivity contribution < 1.29 is 0 Å². The first kappa shape index (κ1) is 13.8. The van der Waals surface area contributed by atoms with Gasteiger partial charge in [0.2, 0.25) is 5.95 Å². The molecule has 0 aliphatic carbocycles. The molecule has 6 heteroatoms. The van der Waals surface area contributed by atoms with Gasteiger partial charge in [0.05, 0.1) is 12.7 Å². The highest BCUT2D eigenvalue weighted by molar-refractivity contribution is 5.87. The van der Waals surface area contributed by atoms with Crippen LogP contribution in [0.2, 0.25) is 0 Å². The Morgan fingerprint density at radius 3 is 2.86 bits per heavy atom. The summed E-state index contributed by atoms with van der Waals surface area (Å²) in [5.74, 6) is 3.57. The molecule has 108 valence electrons. The zero-order valence-corrected chi connectivity index (χ0v) is 12.0. The van der Waals surface area contributed by atoms with E-state index in [0.29, 0.717) is 29.3 Å². The SMILES string of the molecule is C#CCNc1ncc2ncnc(Nc3ccccc3C)c2n1. The van der Waals surface area contributed by atoms with Crippen molar-refractivity contribution in [2.75, 3.05) is 17.2 Å². The number of benzene rings is 1. The van der Waals surface area contributed by atoms with E-state index in [1.165, 1.54) is 6.33 Å². The van der Waals surface area contributed by atoms with Crippen molar-refractivity contribution in [1.82, 2.24) is 19.9 Å². The standard InChI is InChI=1S/C16H14N6/c1-3-8-17-16-18-9-13-14(22-16)15(20-10-19-13)21-12-7-5-4-6-11(12)2/h1,4-7,9-10H,8H2,2H3,(H,17,18,22)(H,19,20,21). The lowest BCUT2D eigenvalue weighted by atomic mass is 10.2. The molecule has 2 heterocycles. The van der Waals surface area contributed by atoms with Crippen molar-refractivity contribution in [1.29, 1.82) is 0 Å². The highest BCUT2D eigenvalue weighted by Crippen LogP contribution is 2.23. The number of hydrogen-bond acceptors (Lipinski definition) is 6. The van der Waals surface area contributed by atoms with Crippen LogP contribution in [0.5, 0.6) is 0 Å². The molecule has 3 aromatic rings. The smallest absolute Gasteiger partial charge is 0.224 e. The number of para-hydroxylation sites is 1. The first-order valence-electron chi connectivity index (χ1n) is 6.75. The van der Waals surface area contributed by atoms with E-state index in [1.54, 1.807) is 6.20 Å². The van der Waals surface area contributed by atoms with Gasteiger partial charge in [-0.15, -0.1) is 6.42 Å². The van der Waals surface area contributed by atoms with Crippen LogP contribution in [0, 0.1) is 19.3 Å². The molecule has 0 aliphatic rings. The number of nitrogens with one attached hydrogen (secondary N) is 2. The minimum absolute atomic E-state index is 0.361. The van der Waals surface area contributed by atoms with Crippen LogP contribution >= 0.6 is 0 Å². The van der Waals surface area contributed by atoms with Crippen LogP contribution < -0.4 is 10.6 Å². The third-order valence-corrected chi connectivity index (χ3v) is 3.12. The van der Waals surface area contributed by atoms with Gasteiger partial charge in [0, 0.05) is 5.69 Å². The second kappa shape index (κ2) is 6.06.